The van der Waals surface area contributed by atoms with Gasteiger partial charge in [0, 0.05) is 19.3 Å². The first-order valence-corrected chi connectivity index (χ1v) is 38.0. The second-order valence-electron chi connectivity index (χ2n) is 26.3. The predicted octanol–water partition coefficient (Wildman–Crippen LogP) is 26.2. The highest BCUT2D eigenvalue weighted by Gasteiger charge is 2.20. The average molecular weight is 1160 g/mol. The van der Waals surface area contributed by atoms with Crippen molar-refractivity contribution in [1.82, 2.24) is 0 Å². The predicted molar refractivity (Wildman–Crippen MR) is 358 cm³/mol. The minimum Gasteiger partial charge on any atom is -0.462 e. The molecule has 0 aliphatic carbocycles. The Hall–Kier alpha value is -1.59. The van der Waals surface area contributed by atoms with Gasteiger partial charge in [0.15, 0.2) is 6.10 Å². The molecule has 0 aliphatic heterocycles. The van der Waals surface area contributed by atoms with Gasteiger partial charge in [0.1, 0.15) is 13.2 Å². The van der Waals surface area contributed by atoms with Crippen LogP contribution in [0.25, 0.3) is 0 Å². The van der Waals surface area contributed by atoms with Gasteiger partial charge in [0.05, 0.1) is 0 Å². The van der Waals surface area contributed by atoms with Crippen LogP contribution >= 0.6 is 0 Å². The molecule has 82 heavy (non-hydrogen) atoms. The molecule has 0 heterocycles. The zero-order chi connectivity index (χ0) is 59.2. The molecule has 6 nitrogen and oxygen atoms in total. The summed E-state index contributed by atoms with van der Waals surface area (Å²) in [5, 5.41) is 0. The topological polar surface area (TPSA) is 78.9 Å². The van der Waals surface area contributed by atoms with Crippen LogP contribution in [0.15, 0.2) is 0 Å². The highest BCUT2D eigenvalue weighted by Crippen LogP contribution is 2.20. The van der Waals surface area contributed by atoms with Crippen molar-refractivity contribution in [2.75, 3.05) is 13.2 Å². The fourth-order valence-electron chi connectivity index (χ4n) is 12.2. The number of esters is 3. The Morgan fingerprint density at radius 1 is 0.195 bits per heavy atom. The minimum absolute atomic E-state index is 0.0604. The van der Waals surface area contributed by atoms with Crippen LogP contribution < -0.4 is 0 Å². The lowest BCUT2D eigenvalue weighted by atomic mass is 10.0. The molecule has 1 unspecified atom stereocenters. The van der Waals surface area contributed by atoms with Gasteiger partial charge in [0.25, 0.3) is 0 Å². The first-order valence-electron chi connectivity index (χ1n) is 38.0. The molecule has 0 radical (unpaired) electrons. The summed E-state index contributed by atoms with van der Waals surface area (Å²) in [5.74, 6) is -0.821. The molecule has 0 saturated heterocycles. The van der Waals surface area contributed by atoms with E-state index in [1.807, 2.05) is 0 Å². The summed E-state index contributed by atoms with van der Waals surface area (Å²) in [4.78, 5) is 38.4. The van der Waals surface area contributed by atoms with E-state index in [1.165, 1.54) is 353 Å². The Kier molecular flexibility index (Phi) is 70.5. The van der Waals surface area contributed by atoms with Crippen LogP contribution in [0.1, 0.15) is 451 Å². The van der Waals surface area contributed by atoms with Gasteiger partial charge in [0.2, 0.25) is 0 Å². The Morgan fingerprint density at radius 3 is 0.488 bits per heavy atom. The number of rotatable bonds is 72. The van der Waals surface area contributed by atoms with Gasteiger partial charge in [-0.05, 0) is 19.3 Å². The molecule has 0 bridgehead atoms. The number of hydrogen-bond donors (Lipinski definition) is 0. The molecule has 488 valence electrons. The van der Waals surface area contributed by atoms with E-state index in [9.17, 15) is 14.4 Å². The second-order valence-corrected chi connectivity index (χ2v) is 26.3. The highest BCUT2D eigenvalue weighted by atomic mass is 16.6. The maximum atomic E-state index is 13.0. The molecule has 1 atom stereocenters. The summed E-state index contributed by atoms with van der Waals surface area (Å²) in [6.07, 6.45) is 86.0. The van der Waals surface area contributed by atoms with Crippen LogP contribution in [0, 0.1) is 0 Å². The van der Waals surface area contributed by atoms with E-state index >= 15 is 0 Å². The van der Waals surface area contributed by atoms with Gasteiger partial charge in [-0.1, -0.05) is 412 Å². The smallest absolute Gasteiger partial charge is 0.306 e. The van der Waals surface area contributed by atoms with E-state index in [0.29, 0.717) is 19.3 Å². The zero-order valence-corrected chi connectivity index (χ0v) is 56.3. The molecule has 0 spiro atoms. The maximum absolute atomic E-state index is 13.0. The molecule has 0 aromatic carbocycles. The van der Waals surface area contributed by atoms with E-state index in [1.54, 1.807) is 0 Å². The number of carbonyl (C=O) groups excluding carboxylic acids is 3. The van der Waals surface area contributed by atoms with Crippen molar-refractivity contribution in [3.63, 3.8) is 0 Å². The minimum atomic E-state index is -0.763. The molecule has 6 heteroatoms. The number of hydrogen-bond acceptors (Lipinski definition) is 6. The fourth-order valence-corrected chi connectivity index (χ4v) is 12.2. The van der Waals surface area contributed by atoms with Crippen LogP contribution in [-0.2, 0) is 28.6 Å². The molecule has 0 saturated carbocycles. The Morgan fingerprint density at radius 2 is 0.329 bits per heavy atom. The van der Waals surface area contributed by atoms with Gasteiger partial charge in [-0.2, -0.15) is 0 Å². The Labute approximate surface area is 514 Å². The lowest BCUT2D eigenvalue weighted by molar-refractivity contribution is -0.167. The summed E-state index contributed by atoms with van der Waals surface area (Å²) in [7, 11) is 0. The largest absolute Gasteiger partial charge is 0.462 e. The molecule has 0 fully saturated rings. The number of unbranched alkanes of at least 4 members (excludes halogenated alkanes) is 61. The lowest BCUT2D eigenvalue weighted by Gasteiger charge is -2.18. The molecule has 0 aromatic rings. The molecule has 0 aromatic heterocycles. The average Bonchev–Trinajstić information content (AvgIpc) is 3.48. The fraction of sp³-hybridized carbons (Fsp3) is 0.961. The first kappa shape index (κ1) is 80.4. The third-order valence-electron chi connectivity index (χ3n) is 17.9. The van der Waals surface area contributed by atoms with E-state index in [4.69, 9.17) is 14.2 Å². The standard InChI is InChI=1S/C76H148O6/c1-4-7-10-13-16-19-22-24-26-28-30-32-34-36-37-38-39-41-42-44-46-48-50-52-54-57-60-63-66-69-75(78)81-72-73(71-80-74(77)68-65-62-59-56-21-18-15-12-9-6-3)82-76(79)70-67-64-61-58-55-53-51-49-47-45-43-40-35-33-31-29-27-25-23-20-17-14-11-8-5-2/h73H,4-72H2,1-3H3. The molecule has 0 amide bonds. The van der Waals surface area contributed by atoms with Gasteiger partial charge in [-0.15, -0.1) is 0 Å². The van der Waals surface area contributed by atoms with Crippen molar-refractivity contribution < 1.29 is 28.6 Å². The Bertz CT molecular complexity index is 1240. The summed E-state index contributed by atoms with van der Waals surface area (Å²) in [5.41, 5.74) is 0. The van der Waals surface area contributed by atoms with Gasteiger partial charge >= 0.3 is 17.9 Å². The maximum Gasteiger partial charge on any atom is 0.306 e. The highest BCUT2D eigenvalue weighted by molar-refractivity contribution is 5.71. The second kappa shape index (κ2) is 71.9. The molecule has 0 rings (SSSR count). The number of carbonyl (C=O) groups is 3. The van der Waals surface area contributed by atoms with Crippen molar-refractivity contribution in [2.24, 2.45) is 0 Å². The molecular formula is C76H148O6. The Balaban J connectivity index is 4.06. The van der Waals surface area contributed by atoms with Crippen LogP contribution in [0.3, 0.4) is 0 Å². The van der Waals surface area contributed by atoms with E-state index < -0.39 is 6.10 Å². The van der Waals surface area contributed by atoms with Crippen molar-refractivity contribution in [3.05, 3.63) is 0 Å². The molecular weight excluding hydrogens is 1010 g/mol. The third kappa shape index (κ3) is 69.2. The monoisotopic (exact) mass is 1160 g/mol. The first-order chi connectivity index (χ1) is 40.5. The van der Waals surface area contributed by atoms with Crippen molar-refractivity contribution in [3.8, 4) is 0 Å². The van der Waals surface area contributed by atoms with Crippen LogP contribution in [-0.4, -0.2) is 37.2 Å². The molecule has 0 aliphatic rings. The van der Waals surface area contributed by atoms with Gasteiger partial charge in [-0.3, -0.25) is 14.4 Å². The van der Waals surface area contributed by atoms with Gasteiger partial charge in [-0.25, -0.2) is 0 Å². The normalized spacial score (nSPS) is 11.9. The third-order valence-corrected chi connectivity index (χ3v) is 17.9. The van der Waals surface area contributed by atoms with Crippen molar-refractivity contribution in [1.29, 1.82) is 0 Å². The van der Waals surface area contributed by atoms with Gasteiger partial charge < -0.3 is 14.2 Å². The quantitative estimate of drug-likeness (QED) is 0.0343. The summed E-state index contributed by atoms with van der Waals surface area (Å²) < 4.78 is 17.0. The van der Waals surface area contributed by atoms with Crippen LogP contribution in [0.2, 0.25) is 0 Å². The van der Waals surface area contributed by atoms with Crippen molar-refractivity contribution in [2.45, 2.75) is 457 Å². The van der Waals surface area contributed by atoms with E-state index in [-0.39, 0.29) is 31.1 Å². The lowest BCUT2D eigenvalue weighted by Crippen LogP contribution is -2.30. The SMILES string of the molecule is CCCCCCCCCCCCCCCCCCCCCCCCCCCCCCCC(=O)OCC(COC(=O)CCCCCCCCCCCC)OC(=O)CCCCCCCCCCCCCCCCCCCCCCCCCCC. The summed E-state index contributed by atoms with van der Waals surface area (Å²) in [6, 6.07) is 0. The zero-order valence-electron chi connectivity index (χ0n) is 56.3. The van der Waals surface area contributed by atoms with Crippen molar-refractivity contribution >= 4 is 17.9 Å². The number of ether oxygens (including phenoxy) is 3. The summed E-state index contributed by atoms with van der Waals surface area (Å²) >= 11 is 0. The van der Waals surface area contributed by atoms with Crippen LogP contribution in [0.5, 0.6) is 0 Å². The van der Waals surface area contributed by atoms with Crippen LogP contribution in [0.4, 0.5) is 0 Å². The summed E-state index contributed by atoms with van der Waals surface area (Å²) in [6.45, 7) is 6.73. The van der Waals surface area contributed by atoms with E-state index in [2.05, 4.69) is 20.8 Å². The molecule has 0 N–H and O–H groups in total. The van der Waals surface area contributed by atoms with E-state index in [0.717, 1.165) is 57.8 Å².